The minimum absolute atomic E-state index is 0.0300. The van der Waals surface area contributed by atoms with E-state index in [1.165, 1.54) is 4.31 Å². The lowest BCUT2D eigenvalue weighted by atomic mass is 9.76. The van der Waals surface area contributed by atoms with Gasteiger partial charge in [0.25, 0.3) is 0 Å². The van der Waals surface area contributed by atoms with Crippen molar-refractivity contribution in [3.8, 4) is 16.9 Å². The van der Waals surface area contributed by atoms with Gasteiger partial charge in [-0.3, -0.25) is 4.79 Å². The molecule has 1 saturated carbocycles. The summed E-state index contributed by atoms with van der Waals surface area (Å²) in [5.41, 5.74) is 1.89. The maximum Gasteiger partial charge on any atom is 0.324 e. The van der Waals surface area contributed by atoms with Gasteiger partial charge in [0.2, 0.25) is 10.0 Å². The first-order valence-corrected chi connectivity index (χ1v) is 11.8. The summed E-state index contributed by atoms with van der Waals surface area (Å²) in [6, 6.07) is 13.6. The maximum atomic E-state index is 13.5. The van der Waals surface area contributed by atoms with Crippen molar-refractivity contribution < 1.29 is 22.7 Å². The van der Waals surface area contributed by atoms with Gasteiger partial charge in [-0.05, 0) is 73.9 Å². The molecule has 2 heterocycles. The molecule has 2 aliphatic heterocycles. The molecule has 6 nitrogen and oxygen atoms in total. The normalized spacial score (nSPS) is 23.9. The first-order valence-electron chi connectivity index (χ1n) is 10.4. The van der Waals surface area contributed by atoms with Gasteiger partial charge in [-0.2, -0.15) is 4.31 Å². The Morgan fingerprint density at radius 2 is 1.53 bits per heavy atom. The van der Waals surface area contributed by atoms with E-state index in [1.807, 2.05) is 24.3 Å². The number of benzene rings is 2. The predicted octanol–water partition coefficient (Wildman–Crippen LogP) is 3.86. The van der Waals surface area contributed by atoms with Crippen molar-refractivity contribution in [2.75, 3.05) is 13.7 Å². The van der Waals surface area contributed by atoms with Crippen LogP contribution in [0.3, 0.4) is 0 Å². The fourth-order valence-corrected chi connectivity index (χ4v) is 6.58. The third-order valence-corrected chi connectivity index (χ3v) is 8.15. The summed E-state index contributed by atoms with van der Waals surface area (Å²) in [5.74, 6) is 0.371. The molecule has 2 aromatic carbocycles. The molecule has 2 bridgehead atoms. The maximum absolute atomic E-state index is 13.5. The van der Waals surface area contributed by atoms with Crippen molar-refractivity contribution in [3.63, 3.8) is 0 Å². The SMILES string of the molecule is CCOC(=O)C1C2CCC(CC2)N1S(=O)(=O)c1ccc(-c2ccc(OC)cc2)cc1. The highest BCUT2D eigenvalue weighted by Gasteiger charge is 2.51. The number of hydrogen-bond donors (Lipinski definition) is 0. The molecule has 5 rings (SSSR count). The molecule has 0 spiro atoms. The summed E-state index contributed by atoms with van der Waals surface area (Å²) >= 11 is 0. The van der Waals surface area contributed by atoms with E-state index >= 15 is 0 Å². The van der Waals surface area contributed by atoms with E-state index < -0.39 is 22.0 Å². The Morgan fingerprint density at radius 3 is 2.07 bits per heavy atom. The van der Waals surface area contributed by atoms with Gasteiger partial charge in [0, 0.05) is 6.04 Å². The molecule has 1 atom stereocenters. The van der Waals surface area contributed by atoms with Crippen molar-refractivity contribution in [2.24, 2.45) is 5.92 Å². The van der Waals surface area contributed by atoms with Crippen LogP contribution in [0.4, 0.5) is 0 Å². The first kappa shape index (κ1) is 20.9. The van der Waals surface area contributed by atoms with Crippen molar-refractivity contribution in [1.29, 1.82) is 0 Å². The third-order valence-electron chi connectivity index (χ3n) is 6.20. The van der Waals surface area contributed by atoms with Gasteiger partial charge in [-0.1, -0.05) is 24.3 Å². The molecule has 1 unspecified atom stereocenters. The van der Waals surface area contributed by atoms with Crippen LogP contribution >= 0.6 is 0 Å². The quantitative estimate of drug-likeness (QED) is 0.652. The Kier molecular flexibility index (Phi) is 5.84. The van der Waals surface area contributed by atoms with Crippen LogP contribution in [0.15, 0.2) is 53.4 Å². The van der Waals surface area contributed by atoms with Gasteiger partial charge in [0.15, 0.2) is 0 Å². The zero-order chi connectivity index (χ0) is 21.3. The predicted molar refractivity (Wildman–Crippen MR) is 114 cm³/mol. The Bertz CT molecular complexity index is 993. The Balaban J connectivity index is 1.64. The van der Waals surface area contributed by atoms with Gasteiger partial charge in [-0.15, -0.1) is 0 Å². The van der Waals surface area contributed by atoms with Crippen LogP contribution in [0.2, 0.25) is 0 Å². The van der Waals surface area contributed by atoms with Gasteiger partial charge < -0.3 is 9.47 Å². The number of esters is 1. The topological polar surface area (TPSA) is 72.9 Å². The largest absolute Gasteiger partial charge is 0.497 e. The third kappa shape index (κ3) is 3.72. The van der Waals surface area contributed by atoms with Crippen LogP contribution in [0.1, 0.15) is 32.6 Å². The van der Waals surface area contributed by atoms with Crippen LogP contribution in [0.5, 0.6) is 5.75 Å². The average molecular weight is 430 g/mol. The first-order chi connectivity index (χ1) is 14.5. The smallest absolute Gasteiger partial charge is 0.324 e. The van der Waals surface area contributed by atoms with Crippen molar-refractivity contribution in [2.45, 2.75) is 49.6 Å². The Hall–Kier alpha value is -2.38. The molecular formula is C23H27NO5S. The Morgan fingerprint density at radius 1 is 0.967 bits per heavy atom. The number of hydrogen-bond acceptors (Lipinski definition) is 5. The zero-order valence-corrected chi connectivity index (χ0v) is 18.1. The monoisotopic (exact) mass is 429 g/mol. The van der Waals surface area contributed by atoms with Crippen molar-refractivity contribution >= 4 is 16.0 Å². The number of fused-ring (bicyclic) bond motifs is 3. The van der Waals surface area contributed by atoms with Crippen LogP contribution in [-0.2, 0) is 19.6 Å². The molecule has 0 N–H and O–H groups in total. The molecule has 0 amide bonds. The lowest BCUT2D eigenvalue weighted by molar-refractivity contribution is -0.154. The highest BCUT2D eigenvalue weighted by Crippen LogP contribution is 2.43. The molecule has 1 aliphatic carbocycles. The lowest BCUT2D eigenvalue weighted by Gasteiger charge is -2.48. The molecule has 0 radical (unpaired) electrons. The number of ether oxygens (including phenoxy) is 2. The van der Waals surface area contributed by atoms with E-state index in [4.69, 9.17) is 9.47 Å². The van der Waals surface area contributed by atoms with Crippen LogP contribution in [0.25, 0.3) is 11.1 Å². The summed E-state index contributed by atoms with van der Waals surface area (Å²) in [5, 5.41) is 0. The fourth-order valence-electron chi connectivity index (χ4n) is 4.70. The highest BCUT2D eigenvalue weighted by molar-refractivity contribution is 7.89. The second-order valence-corrected chi connectivity index (χ2v) is 9.70. The minimum Gasteiger partial charge on any atom is -0.497 e. The van der Waals surface area contributed by atoms with Gasteiger partial charge >= 0.3 is 5.97 Å². The lowest BCUT2D eigenvalue weighted by Crippen LogP contribution is -2.60. The van der Waals surface area contributed by atoms with Crippen LogP contribution in [0, 0.1) is 5.92 Å². The molecule has 160 valence electrons. The molecule has 30 heavy (non-hydrogen) atoms. The van der Waals surface area contributed by atoms with E-state index in [0.717, 1.165) is 42.6 Å². The molecule has 0 aromatic heterocycles. The van der Waals surface area contributed by atoms with Crippen molar-refractivity contribution in [3.05, 3.63) is 48.5 Å². The zero-order valence-electron chi connectivity index (χ0n) is 17.3. The molecule has 7 heteroatoms. The Labute approximate surface area is 177 Å². The number of nitrogens with zero attached hydrogens (tertiary/aromatic N) is 1. The second kappa shape index (κ2) is 8.40. The van der Waals surface area contributed by atoms with Gasteiger partial charge in [0.1, 0.15) is 11.8 Å². The second-order valence-electron chi connectivity index (χ2n) is 7.85. The summed E-state index contributed by atoms with van der Waals surface area (Å²) in [6.07, 6.45) is 3.33. The standard InChI is InChI=1S/C23H27NO5S/c1-3-29-23(25)22-18-4-10-19(11-5-18)24(22)30(26,27)21-14-8-17(9-15-21)16-6-12-20(28-2)13-7-16/h6-9,12-15,18-19,22H,3-5,10-11H2,1-2H3. The van der Waals surface area contributed by atoms with Gasteiger partial charge in [0.05, 0.1) is 18.6 Å². The van der Waals surface area contributed by atoms with E-state index in [-0.39, 0.29) is 23.5 Å². The van der Waals surface area contributed by atoms with E-state index in [0.29, 0.717) is 0 Å². The average Bonchev–Trinajstić information content (AvgIpc) is 2.79. The number of carbonyl (C=O) groups is 1. The summed E-state index contributed by atoms with van der Waals surface area (Å²) in [4.78, 5) is 12.8. The number of carbonyl (C=O) groups excluding carboxylic acids is 1. The van der Waals surface area contributed by atoms with E-state index in [9.17, 15) is 13.2 Å². The summed E-state index contributed by atoms with van der Waals surface area (Å²) < 4.78 is 38.9. The van der Waals surface area contributed by atoms with Crippen LogP contribution < -0.4 is 4.74 Å². The number of piperidine rings is 2. The highest BCUT2D eigenvalue weighted by atomic mass is 32.2. The van der Waals surface area contributed by atoms with Crippen molar-refractivity contribution in [1.82, 2.24) is 4.31 Å². The molecule has 2 saturated heterocycles. The fraction of sp³-hybridized carbons (Fsp3) is 0.435. The molecular weight excluding hydrogens is 402 g/mol. The molecule has 3 aliphatic rings. The summed E-state index contributed by atoms with van der Waals surface area (Å²) in [7, 11) is -2.19. The number of methoxy groups -OCH3 is 1. The minimum atomic E-state index is -3.80. The number of sulfonamides is 1. The van der Waals surface area contributed by atoms with E-state index in [1.54, 1.807) is 38.3 Å². The molecule has 2 aromatic rings. The van der Waals surface area contributed by atoms with Crippen LogP contribution in [-0.4, -0.2) is 44.5 Å². The molecule has 3 fully saturated rings. The number of rotatable bonds is 6. The summed E-state index contributed by atoms with van der Waals surface area (Å²) in [6.45, 7) is 1.99. The van der Waals surface area contributed by atoms with Gasteiger partial charge in [-0.25, -0.2) is 8.42 Å². The van der Waals surface area contributed by atoms with E-state index in [2.05, 4.69) is 0 Å².